The van der Waals surface area contributed by atoms with E-state index in [1.807, 2.05) is 24.4 Å². The van der Waals surface area contributed by atoms with E-state index in [9.17, 15) is 0 Å². The molecule has 4 aromatic heterocycles. The minimum Gasteiger partial charge on any atom is -0.436 e. The van der Waals surface area contributed by atoms with Crippen molar-refractivity contribution in [2.24, 2.45) is 0 Å². The van der Waals surface area contributed by atoms with Crippen molar-refractivity contribution in [1.82, 2.24) is 19.1 Å². The van der Waals surface area contributed by atoms with Crippen LogP contribution in [0, 0.1) is 6.92 Å². The molecule has 264 valence electrons. The van der Waals surface area contributed by atoms with E-state index in [1.54, 1.807) is 0 Å². The zero-order valence-corrected chi connectivity index (χ0v) is 30.6. The molecule has 0 saturated heterocycles. The number of fused-ring (bicyclic) bond motifs is 9. The Hall–Kier alpha value is -7.50. The van der Waals surface area contributed by atoms with Crippen molar-refractivity contribution in [3.05, 3.63) is 193 Å². The Morgan fingerprint density at radius 3 is 2.12 bits per heavy atom. The molecule has 0 aliphatic rings. The number of aromatic nitrogens is 4. The summed E-state index contributed by atoms with van der Waals surface area (Å²) in [5.41, 5.74) is 14.0. The van der Waals surface area contributed by atoms with E-state index in [-0.39, 0.29) is 0 Å². The van der Waals surface area contributed by atoms with Gasteiger partial charge in [-0.15, -0.1) is 0 Å². The number of para-hydroxylation sites is 3. The Kier molecular flexibility index (Phi) is 7.16. The van der Waals surface area contributed by atoms with Gasteiger partial charge in [0.2, 0.25) is 5.71 Å². The fourth-order valence-corrected chi connectivity index (χ4v) is 8.46. The van der Waals surface area contributed by atoms with Gasteiger partial charge < -0.3 is 13.6 Å². The van der Waals surface area contributed by atoms with Gasteiger partial charge in [-0.3, -0.25) is 0 Å². The number of hydrogen-bond donors (Lipinski definition) is 0. The van der Waals surface area contributed by atoms with Gasteiger partial charge in [0.25, 0.3) is 0 Å². The van der Waals surface area contributed by atoms with Crippen LogP contribution in [0.3, 0.4) is 0 Å². The lowest BCUT2D eigenvalue weighted by Crippen LogP contribution is -1.97. The topological polar surface area (TPSA) is 48.8 Å². The lowest BCUT2D eigenvalue weighted by atomic mass is 10.0. The predicted octanol–water partition coefficient (Wildman–Crippen LogP) is 13.3. The minimum atomic E-state index is 0.544. The largest absolute Gasteiger partial charge is 0.436 e. The highest BCUT2D eigenvalue weighted by molar-refractivity contribution is 6.17. The van der Waals surface area contributed by atoms with E-state index in [2.05, 4.69) is 174 Å². The summed E-state index contributed by atoms with van der Waals surface area (Å²) >= 11 is 0. The molecule has 0 aliphatic heterocycles. The van der Waals surface area contributed by atoms with Crippen molar-refractivity contribution < 1.29 is 4.42 Å². The second-order valence-corrected chi connectivity index (χ2v) is 14.3. The summed E-state index contributed by atoms with van der Waals surface area (Å²) in [6, 6.07) is 55.4. The van der Waals surface area contributed by atoms with E-state index < -0.39 is 0 Å². The summed E-state index contributed by atoms with van der Waals surface area (Å²) < 4.78 is 10.9. The van der Waals surface area contributed by atoms with Crippen molar-refractivity contribution in [3.63, 3.8) is 0 Å². The smallest absolute Gasteiger partial charge is 0.246 e. The molecule has 0 spiro atoms. The van der Waals surface area contributed by atoms with Crippen LogP contribution in [0.2, 0.25) is 0 Å². The molecule has 7 aromatic carbocycles. The van der Waals surface area contributed by atoms with Gasteiger partial charge in [0.15, 0.2) is 0 Å². The van der Waals surface area contributed by atoms with Gasteiger partial charge in [0.1, 0.15) is 11.1 Å². The first-order valence-corrected chi connectivity index (χ1v) is 18.8. The number of furan rings is 1. The van der Waals surface area contributed by atoms with Crippen molar-refractivity contribution in [2.45, 2.75) is 6.92 Å². The Morgan fingerprint density at radius 1 is 0.625 bits per heavy atom. The first-order valence-electron chi connectivity index (χ1n) is 18.8. The molecule has 0 amide bonds. The molecule has 4 heterocycles. The van der Waals surface area contributed by atoms with Crippen LogP contribution in [0.1, 0.15) is 16.8 Å². The van der Waals surface area contributed by atoms with Gasteiger partial charge in [0, 0.05) is 44.4 Å². The third-order valence-electron chi connectivity index (χ3n) is 11.2. The number of nitrogens with zero attached hydrogens (tertiary/aromatic N) is 4. The average Bonchev–Trinajstić information content (AvgIpc) is 3.89. The van der Waals surface area contributed by atoms with Gasteiger partial charge in [-0.25, -0.2) is 9.97 Å². The normalized spacial score (nSPS) is 12.0. The van der Waals surface area contributed by atoms with Gasteiger partial charge in [-0.05, 0) is 83.4 Å². The maximum Gasteiger partial charge on any atom is 0.246 e. The fourth-order valence-electron chi connectivity index (χ4n) is 8.46. The molecule has 5 heteroatoms. The summed E-state index contributed by atoms with van der Waals surface area (Å²) in [4.78, 5) is 9.78. The standard InChI is InChI=1S/C51H34N4O/c1-32(36-23-28-47-43(30-36)42-17-9-11-19-46(42)55(47)37-13-4-3-5-14-37)20-27-39-33(2)54(45-18-10-8-16-41(39)45)38-25-21-35(22-26-38)44-31-52-50-49-40-15-7-6-12-34(40)24-29-48(49)56-51(50)53-44/h3-31H,1H2,2H3/b27-20-. The molecule has 0 N–H and O–H groups in total. The first kappa shape index (κ1) is 32.0. The van der Waals surface area contributed by atoms with Crippen LogP contribution in [-0.2, 0) is 0 Å². The SMILES string of the molecule is C=C(/C=C\c1c(C)n(-c2ccc(-c3cnc4c(n3)oc3ccc5ccccc5c34)cc2)c2ccccc12)c1ccc2c(c1)c1ccccc1n2-c1ccccc1. The molecule has 0 atom stereocenters. The van der Waals surface area contributed by atoms with Crippen LogP contribution in [0.4, 0.5) is 0 Å². The maximum absolute atomic E-state index is 6.21. The van der Waals surface area contributed by atoms with E-state index >= 15 is 0 Å². The molecule has 11 aromatic rings. The number of hydrogen-bond acceptors (Lipinski definition) is 3. The molecule has 11 rings (SSSR count). The van der Waals surface area contributed by atoms with Crippen LogP contribution in [0.25, 0.3) is 100.0 Å². The Balaban J connectivity index is 0.927. The van der Waals surface area contributed by atoms with Crippen LogP contribution < -0.4 is 0 Å². The monoisotopic (exact) mass is 718 g/mol. The molecule has 0 unspecified atom stereocenters. The molecular weight excluding hydrogens is 685 g/mol. The summed E-state index contributed by atoms with van der Waals surface area (Å²) in [7, 11) is 0. The number of allylic oxidation sites excluding steroid dienone is 2. The Labute approximate surface area is 322 Å². The second-order valence-electron chi connectivity index (χ2n) is 14.3. The molecule has 0 fully saturated rings. The lowest BCUT2D eigenvalue weighted by molar-refractivity contribution is 0.654. The highest BCUT2D eigenvalue weighted by atomic mass is 16.3. The highest BCUT2D eigenvalue weighted by Crippen LogP contribution is 2.37. The maximum atomic E-state index is 6.21. The summed E-state index contributed by atoms with van der Waals surface area (Å²) in [5.74, 6) is 0. The van der Waals surface area contributed by atoms with Crippen molar-refractivity contribution >= 4 is 77.3 Å². The molecule has 5 nitrogen and oxygen atoms in total. The number of benzene rings is 7. The van der Waals surface area contributed by atoms with Gasteiger partial charge in [0.05, 0.1) is 33.8 Å². The Morgan fingerprint density at radius 2 is 1.30 bits per heavy atom. The highest BCUT2D eigenvalue weighted by Gasteiger charge is 2.17. The van der Waals surface area contributed by atoms with E-state index in [1.165, 1.54) is 32.8 Å². The molecule has 0 aliphatic carbocycles. The molecule has 0 saturated carbocycles. The van der Waals surface area contributed by atoms with Crippen LogP contribution >= 0.6 is 0 Å². The third kappa shape index (κ3) is 4.95. The predicted molar refractivity (Wildman–Crippen MR) is 233 cm³/mol. The van der Waals surface area contributed by atoms with Gasteiger partial charge in [-0.1, -0.05) is 122 Å². The zero-order valence-electron chi connectivity index (χ0n) is 30.6. The van der Waals surface area contributed by atoms with Crippen molar-refractivity contribution in [1.29, 1.82) is 0 Å². The Bertz CT molecular complexity index is 3380. The minimum absolute atomic E-state index is 0.544. The summed E-state index contributed by atoms with van der Waals surface area (Å²) in [6.45, 7) is 6.72. The summed E-state index contributed by atoms with van der Waals surface area (Å²) in [6.07, 6.45) is 6.21. The fraction of sp³-hybridized carbons (Fsp3) is 0.0196. The lowest BCUT2D eigenvalue weighted by Gasteiger charge is -2.10. The van der Waals surface area contributed by atoms with Crippen molar-refractivity contribution in [3.8, 4) is 22.6 Å². The molecule has 0 radical (unpaired) electrons. The van der Waals surface area contributed by atoms with Crippen LogP contribution in [-0.4, -0.2) is 19.1 Å². The third-order valence-corrected chi connectivity index (χ3v) is 11.2. The van der Waals surface area contributed by atoms with E-state index in [0.717, 1.165) is 72.2 Å². The van der Waals surface area contributed by atoms with E-state index in [0.29, 0.717) is 5.71 Å². The van der Waals surface area contributed by atoms with Crippen LogP contribution in [0.5, 0.6) is 0 Å². The second kappa shape index (κ2) is 12.5. The van der Waals surface area contributed by atoms with E-state index in [4.69, 9.17) is 14.4 Å². The van der Waals surface area contributed by atoms with Gasteiger partial charge in [-0.2, -0.15) is 0 Å². The average molecular weight is 719 g/mol. The molecular formula is C51H34N4O. The molecule has 0 bridgehead atoms. The number of rotatable bonds is 6. The zero-order chi connectivity index (χ0) is 37.3. The van der Waals surface area contributed by atoms with Crippen molar-refractivity contribution in [2.75, 3.05) is 0 Å². The first-order chi connectivity index (χ1) is 27.6. The molecule has 56 heavy (non-hydrogen) atoms. The van der Waals surface area contributed by atoms with Gasteiger partial charge >= 0.3 is 0 Å². The summed E-state index contributed by atoms with van der Waals surface area (Å²) in [5, 5.41) is 6.91. The van der Waals surface area contributed by atoms with Crippen LogP contribution in [0.15, 0.2) is 181 Å². The quantitative estimate of drug-likeness (QED) is 0.161.